The predicted octanol–water partition coefficient (Wildman–Crippen LogP) is 4.14. The molecule has 2 aromatic rings. The smallest absolute Gasteiger partial charge is 0.163 e. The van der Waals surface area contributed by atoms with E-state index in [-0.39, 0.29) is 0 Å². The van der Waals surface area contributed by atoms with E-state index in [4.69, 9.17) is 26.8 Å². The molecule has 0 spiro atoms. The van der Waals surface area contributed by atoms with Gasteiger partial charge in [0.25, 0.3) is 0 Å². The molecule has 1 heterocycles. The number of hydrogen-bond donors (Lipinski definition) is 2. The van der Waals surface area contributed by atoms with E-state index in [1.54, 1.807) is 0 Å². The maximum atomic E-state index is 6.08. The maximum absolute atomic E-state index is 6.08. The van der Waals surface area contributed by atoms with Gasteiger partial charge in [-0.05, 0) is 36.8 Å². The lowest BCUT2D eigenvalue weighted by Gasteiger charge is -2.14. The number of nitrogens with two attached hydrogens (primary N) is 1. The number of fused-ring (bicyclic) bond motifs is 1. The van der Waals surface area contributed by atoms with E-state index in [0.29, 0.717) is 23.9 Å². The first-order valence-corrected chi connectivity index (χ1v) is 7.23. The van der Waals surface area contributed by atoms with Crippen molar-refractivity contribution in [1.29, 1.82) is 0 Å². The Balaban J connectivity index is 1.88. The molecule has 0 unspecified atom stereocenters. The van der Waals surface area contributed by atoms with Crippen LogP contribution in [0.5, 0.6) is 11.5 Å². The van der Waals surface area contributed by atoms with Gasteiger partial charge in [0.05, 0.1) is 23.9 Å². The van der Waals surface area contributed by atoms with Crippen LogP contribution in [0.2, 0.25) is 5.02 Å². The molecule has 1 aliphatic heterocycles. The Morgan fingerprint density at radius 1 is 1.10 bits per heavy atom. The quantitative estimate of drug-likeness (QED) is 0.819. The van der Waals surface area contributed by atoms with Gasteiger partial charge in [-0.25, -0.2) is 0 Å². The molecule has 4 nitrogen and oxygen atoms in total. The fourth-order valence-electron chi connectivity index (χ4n) is 2.24. The van der Waals surface area contributed by atoms with E-state index in [1.807, 2.05) is 37.3 Å². The SMILES string of the molecule is Cc1cc(N)c(Cl)cc1Nc1ccc2c(c1)OCCCO2. The summed E-state index contributed by atoms with van der Waals surface area (Å²) in [7, 11) is 0. The fourth-order valence-corrected chi connectivity index (χ4v) is 2.40. The van der Waals surface area contributed by atoms with Gasteiger partial charge < -0.3 is 20.5 Å². The van der Waals surface area contributed by atoms with Gasteiger partial charge in [-0.1, -0.05) is 11.6 Å². The lowest BCUT2D eigenvalue weighted by molar-refractivity contribution is 0.297. The van der Waals surface area contributed by atoms with Crippen LogP contribution in [-0.2, 0) is 0 Å². The molecular weight excluding hydrogens is 288 g/mol. The molecule has 0 saturated heterocycles. The molecule has 0 aromatic heterocycles. The van der Waals surface area contributed by atoms with E-state index in [9.17, 15) is 0 Å². The third-order valence-corrected chi connectivity index (χ3v) is 3.70. The first kappa shape index (κ1) is 13.9. The second-order valence-electron chi connectivity index (χ2n) is 5.03. The van der Waals surface area contributed by atoms with Gasteiger partial charge >= 0.3 is 0 Å². The molecule has 0 radical (unpaired) electrons. The molecule has 0 aliphatic carbocycles. The van der Waals surface area contributed by atoms with Crippen LogP contribution in [0, 0.1) is 6.92 Å². The molecule has 0 saturated carbocycles. The van der Waals surface area contributed by atoms with Crippen LogP contribution in [0.1, 0.15) is 12.0 Å². The Morgan fingerprint density at radius 3 is 2.67 bits per heavy atom. The number of hydrogen-bond acceptors (Lipinski definition) is 4. The zero-order valence-electron chi connectivity index (χ0n) is 11.8. The number of anilines is 3. The Bertz CT molecular complexity index is 674. The number of aryl methyl sites for hydroxylation is 1. The highest BCUT2D eigenvalue weighted by Gasteiger charge is 2.11. The van der Waals surface area contributed by atoms with Gasteiger partial charge in [0.1, 0.15) is 0 Å². The standard InChI is InChI=1S/C16H17ClN2O2/c1-10-7-13(18)12(17)9-14(10)19-11-3-4-15-16(8-11)21-6-2-5-20-15/h3-4,7-9,19H,2,5-6,18H2,1H3. The third-order valence-electron chi connectivity index (χ3n) is 3.37. The molecular formula is C16H17ClN2O2. The minimum atomic E-state index is 0.539. The average molecular weight is 305 g/mol. The largest absolute Gasteiger partial charge is 0.490 e. The molecule has 0 fully saturated rings. The second-order valence-corrected chi connectivity index (χ2v) is 5.43. The second kappa shape index (κ2) is 5.74. The zero-order valence-corrected chi connectivity index (χ0v) is 12.5. The molecule has 0 bridgehead atoms. The van der Waals surface area contributed by atoms with Gasteiger partial charge in [-0.2, -0.15) is 0 Å². The van der Waals surface area contributed by atoms with Gasteiger partial charge in [-0.15, -0.1) is 0 Å². The lowest BCUT2D eigenvalue weighted by atomic mass is 10.1. The monoisotopic (exact) mass is 304 g/mol. The zero-order chi connectivity index (χ0) is 14.8. The van der Waals surface area contributed by atoms with Crippen molar-refractivity contribution in [3.05, 3.63) is 40.9 Å². The van der Waals surface area contributed by atoms with Crippen molar-refractivity contribution in [2.24, 2.45) is 0 Å². The van der Waals surface area contributed by atoms with Crippen LogP contribution >= 0.6 is 11.6 Å². The van der Waals surface area contributed by atoms with Crippen LogP contribution in [-0.4, -0.2) is 13.2 Å². The number of benzene rings is 2. The minimum Gasteiger partial charge on any atom is -0.490 e. The van der Waals surface area contributed by atoms with Crippen LogP contribution in [0.15, 0.2) is 30.3 Å². The molecule has 5 heteroatoms. The molecule has 1 aliphatic rings. The summed E-state index contributed by atoms with van der Waals surface area (Å²) < 4.78 is 11.3. The summed E-state index contributed by atoms with van der Waals surface area (Å²) in [5, 5.41) is 3.87. The molecule has 110 valence electrons. The molecule has 2 aromatic carbocycles. The Morgan fingerprint density at radius 2 is 1.86 bits per heavy atom. The van der Waals surface area contributed by atoms with Crippen molar-refractivity contribution in [3.8, 4) is 11.5 Å². The van der Waals surface area contributed by atoms with Gasteiger partial charge in [0.15, 0.2) is 11.5 Å². The maximum Gasteiger partial charge on any atom is 0.163 e. The van der Waals surface area contributed by atoms with E-state index >= 15 is 0 Å². The van der Waals surface area contributed by atoms with Gasteiger partial charge in [0, 0.05) is 23.9 Å². The summed E-state index contributed by atoms with van der Waals surface area (Å²) in [6.07, 6.45) is 0.893. The summed E-state index contributed by atoms with van der Waals surface area (Å²) in [5.41, 5.74) is 9.25. The summed E-state index contributed by atoms with van der Waals surface area (Å²) in [4.78, 5) is 0. The topological polar surface area (TPSA) is 56.5 Å². The van der Waals surface area contributed by atoms with Crippen molar-refractivity contribution in [1.82, 2.24) is 0 Å². The van der Waals surface area contributed by atoms with Crippen molar-refractivity contribution in [2.75, 3.05) is 24.3 Å². The lowest BCUT2D eigenvalue weighted by Crippen LogP contribution is -1.98. The van der Waals surface area contributed by atoms with Crippen LogP contribution < -0.4 is 20.5 Å². The van der Waals surface area contributed by atoms with Crippen LogP contribution in [0.3, 0.4) is 0 Å². The summed E-state index contributed by atoms with van der Waals surface area (Å²) in [6.45, 7) is 3.34. The molecule has 3 N–H and O–H groups in total. The first-order chi connectivity index (χ1) is 10.1. The number of rotatable bonds is 2. The molecule has 21 heavy (non-hydrogen) atoms. The molecule has 0 amide bonds. The number of ether oxygens (including phenoxy) is 2. The normalized spacial score (nSPS) is 13.6. The number of halogens is 1. The summed E-state index contributed by atoms with van der Waals surface area (Å²) in [6, 6.07) is 9.49. The van der Waals surface area contributed by atoms with E-state index < -0.39 is 0 Å². The van der Waals surface area contributed by atoms with Crippen molar-refractivity contribution < 1.29 is 9.47 Å². The minimum absolute atomic E-state index is 0.539. The Kier molecular flexibility index (Phi) is 3.80. The van der Waals surface area contributed by atoms with E-state index in [0.717, 1.165) is 34.9 Å². The highest BCUT2D eigenvalue weighted by atomic mass is 35.5. The van der Waals surface area contributed by atoms with E-state index in [1.165, 1.54) is 0 Å². The summed E-state index contributed by atoms with van der Waals surface area (Å²) in [5.74, 6) is 1.54. The van der Waals surface area contributed by atoms with E-state index in [2.05, 4.69) is 5.32 Å². The molecule has 3 rings (SSSR count). The first-order valence-electron chi connectivity index (χ1n) is 6.86. The van der Waals surface area contributed by atoms with Gasteiger partial charge in [0.2, 0.25) is 0 Å². The van der Waals surface area contributed by atoms with Crippen LogP contribution in [0.4, 0.5) is 17.1 Å². The van der Waals surface area contributed by atoms with Crippen molar-refractivity contribution in [3.63, 3.8) is 0 Å². The Labute approximate surface area is 128 Å². The van der Waals surface area contributed by atoms with Crippen LogP contribution in [0.25, 0.3) is 0 Å². The number of nitrogens with one attached hydrogen (secondary N) is 1. The summed E-state index contributed by atoms with van der Waals surface area (Å²) >= 11 is 6.08. The van der Waals surface area contributed by atoms with Crippen molar-refractivity contribution in [2.45, 2.75) is 13.3 Å². The average Bonchev–Trinajstić information content (AvgIpc) is 2.69. The third kappa shape index (κ3) is 3.00. The van der Waals surface area contributed by atoms with Crippen molar-refractivity contribution >= 4 is 28.7 Å². The van der Waals surface area contributed by atoms with Gasteiger partial charge in [-0.3, -0.25) is 0 Å². The number of nitrogen functional groups attached to an aromatic ring is 1. The molecule has 0 atom stereocenters. The predicted molar refractivity (Wildman–Crippen MR) is 85.9 cm³/mol. The highest BCUT2D eigenvalue weighted by molar-refractivity contribution is 6.33. The highest BCUT2D eigenvalue weighted by Crippen LogP contribution is 2.35. The fraction of sp³-hybridized carbons (Fsp3) is 0.250. The Hall–Kier alpha value is -2.07.